The molecule has 0 unspecified atom stereocenters. The Kier molecular flexibility index (Phi) is 14.1. The summed E-state index contributed by atoms with van der Waals surface area (Å²) in [5.74, 6) is -0.352. The summed E-state index contributed by atoms with van der Waals surface area (Å²) in [6.45, 7) is 1.33. The molecule has 1 aromatic carbocycles. The zero-order valence-electron chi connectivity index (χ0n) is 24.7. The Bertz CT molecular complexity index is 1380. The molecule has 1 aliphatic carbocycles. The first-order chi connectivity index (χ1) is 20.1. The summed E-state index contributed by atoms with van der Waals surface area (Å²) < 4.78 is 46.9. The first-order valence-electron chi connectivity index (χ1n) is 14.2. The molecule has 250 valence electrons. The van der Waals surface area contributed by atoms with Crippen LogP contribution in [0.5, 0.6) is 0 Å². The number of benzene rings is 1. The highest BCUT2D eigenvalue weighted by Crippen LogP contribution is 2.41. The molecule has 0 spiro atoms. The zero-order chi connectivity index (χ0) is 29.9. The second kappa shape index (κ2) is 16.4. The minimum Gasteiger partial charge on any atom is -0.387 e. The van der Waals surface area contributed by atoms with E-state index < -0.39 is 29.6 Å². The van der Waals surface area contributed by atoms with Crippen LogP contribution in [0.2, 0.25) is 0 Å². The van der Waals surface area contributed by atoms with Crippen LogP contribution < -0.4 is 5.32 Å². The molecule has 4 atom stereocenters. The first kappa shape index (κ1) is 38.7. The van der Waals surface area contributed by atoms with E-state index in [1.165, 1.54) is 12.1 Å². The SMILES string of the molecule is COC[C@]1(O)CCCC[C@H]1n1cnc(C(=O)N2CCNC[C@H]2C[C@@H](O)c2cccc(C(F)(F)F)n2)c1-c1ccccc1.Cl.Cl.Cl. The quantitative estimate of drug-likeness (QED) is 0.295. The van der Waals surface area contributed by atoms with Crippen LogP contribution in [0.4, 0.5) is 13.2 Å². The van der Waals surface area contributed by atoms with Gasteiger partial charge in [0.2, 0.25) is 0 Å². The Labute approximate surface area is 278 Å². The predicted octanol–water partition coefficient (Wildman–Crippen LogP) is 5.26. The monoisotopic (exact) mass is 695 g/mol. The first-order valence-corrected chi connectivity index (χ1v) is 14.2. The Morgan fingerprint density at radius 1 is 1.13 bits per heavy atom. The van der Waals surface area contributed by atoms with E-state index in [1.807, 2.05) is 34.9 Å². The summed E-state index contributed by atoms with van der Waals surface area (Å²) in [4.78, 5) is 24.0. The van der Waals surface area contributed by atoms with Gasteiger partial charge in [0.25, 0.3) is 5.91 Å². The van der Waals surface area contributed by atoms with Crippen LogP contribution in [0.15, 0.2) is 54.9 Å². The number of imidazole rings is 1. The number of methoxy groups -OCH3 is 1. The van der Waals surface area contributed by atoms with Crippen LogP contribution in [0.25, 0.3) is 11.3 Å². The third-order valence-corrected chi connectivity index (χ3v) is 8.24. The Morgan fingerprint density at radius 3 is 2.56 bits per heavy atom. The van der Waals surface area contributed by atoms with Gasteiger partial charge in [0, 0.05) is 44.8 Å². The second-order valence-corrected chi connectivity index (χ2v) is 11.1. The van der Waals surface area contributed by atoms with Crippen LogP contribution >= 0.6 is 37.2 Å². The van der Waals surface area contributed by atoms with E-state index in [1.54, 1.807) is 18.3 Å². The largest absolute Gasteiger partial charge is 0.433 e. The fourth-order valence-electron chi connectivity index (χ4n) is 6.20. The number of hydrogen-bond acceptors (Lipinski definition) is 7. The van der Waals surface area contributed by atoms with E-state index in [0.29, 0.717) is 38.2 Å². The Morgan fingerprint density at radius 2 is 1.87 bits per heavy atom. The number of nitrogens with one attached hydrogen (secondary N) is 1. The number of rotatable bonds is 8. The van der Waals surface area contributed by atoms with Gasteiger partial charge in [-0.1, -0.05) is 49.2 Å². The normalized spacial score (nSPS) is 22.4. The van der Waals surface area contributed by atoms with Gasteiger partial charge < -0.3 is 29.7 Å². The summed E-state index contributed by atoms with van der Waals surface area (Å²) in [5, 5.41) is 25.7. The van der Waals surface area contributed by atoms with Gasteiger partial charge in [-0.3, -0.25) is 4.79 Å². The number of amides is 1. The average molecular weight is 697 g/mol. The molecule has 1 aliphatic heterocycles. The molecule has 15 heteroatoms. The molecule has 2 fully saturated rings. The molecule has 3 aromatic rings. The maximum absolute atomic E-state index is 14.2. The van der Waals surface area contributed by atoms with Crippen molar-refractivity contribution in [3.05, 3.63) is 71.9 Å². The number of piperazine rings is 1. The van der Waals surface area contributed by atoms with E-state index in [0.717, 1.165) is 24.5 Å². The van der Waals surface area contributed by atoms with Gasteiger partial charge >= 0.3 is 6.18 Å². The third kappa shape index (κ3) is 8.48. The Balaban J connectivity index is 0.00000235. The highest BCUT2D eigenvalue weighted by molar-refractivity contribution is 5.98. The molecule has 0 radical (unpaired) electrons. The maximum atomic E-state index is 14.2. The maximum Gasteiger partial charge on any atom is 0.433 e. The zero-order valence-corrected chi connectivity index (χ0v) is 27.1. The van der Waals surface area contributed by atoms with E-state index in [9.17, 15) is 28.2 Å². The molecule has 9 nitrogen and oxygen atoms in total. The predicted molar refractivity (Wildman–Crippen MR) is 170 cm³/mol. The van der Waals surface area contributed by atoms with E-state index in [2.05, 4.69) is 15.3 Å². The van der Waals surface area contributed by atoms with Gasteiger partial charge in [-0.2, -0.15) is 13.2 Å². The molecular weight excluding hydrogens is 658 g/mol. The lowest BCUT2D eigenvalue weighted by molar-refractivity contribution is -0.141. The summed E-state index contributed by atoms with van der Waals surface area (Å²) in [6.07, 6.45) is -1.33. The molecular formula is C30H39Cl3F3N5O4. The summed E-state index contributed by atoms with van der Waals surface area (Å²) >= 11 is 0. The molecule has 45 heavy (non-hydrogen) atoms. The van der Waals surface area contributed by atoms with Crippen molar-refractivity contribution in [3.63, 3.8) is 0 Å². The number of ether oxygens (including phenoxy) is 1. The van der Waals surface area contributed by atoms with Crippen molar-refractivity contribution >= 4 is 43.1 Å². The number of aliphatic hydroxyl groups excluding tert-OH is 1. The van der Waals surface area contributed by atoms with Crippen molar-refractivity contribution in [2.75, 3.05) is 33.4 Å². The van der Waals surface area contributed by atoms with Gasteiger partial charge in [-0.15, -0.1) is 37.2 Å². The van der Waals surface area contributed by atoms with Gasteiger partial charge in [-0.05, 0) is 25.0 Å². The highest BCUT2D eigenvalue weighted by Gasteiger charge is 2.42. The lowest BCUT2D eigenvalue weighted by Crippen LogP contribution is -2.54. The number of aliphatic hydroxyl groups is 2. The van der Waals surface area contributed by atoms with Crippen LogP contribution in [-0.2, 0) is 10.9 Å². The molecule has 0 bridgehead atoms. The minimum absolute atomic E-state index is 0. The molecule has 1 saturated carbocycles. The van der Waals surface area contributed by atoms with Crippen molar-refractivity contribution in [2.45, 2.75) is 62.1 Å². The number of nitrogens with zero attached hydrogens (tertiary/aromatic N) is 4. The lowest BCUT2D eigenvalue weighted by atomic mass is 9.80. The number of hydrogen-bond donors (Lipinski definition) is 3. The minimum atomic E-state index is -4.63. The average Bonchev–Trinajstić information content (AvgIpc) is 3.42. The molecule has 1 saturated heterocycles. The highest BCUT2D eigenvalue weighted by atomic mass is 35.5. The molecule has 2 aliphatic rings. The fraction of sp³-hybridized carbons (Fsp3) is 0.500. The van der Waals surface area contributed by atoms with Crippen molar-refractivity contribution in [1.82, 2.24) is 24.8 Å². The third-order valence-electron chi connectivity index (χ3n) is 8.24. The number of alkyl halides is 3. The second-order valence-electron chi connectivity index (χ2n) is 11.1. The van der Waals surface area contributed by atoms with Crippen LogP contribution in [-0.4, -0.2) is 80.5 Å². The topological polar surface area (TPSA) is 113 Å². The van der Waals surface area contributed by atoms with E-state index in [4.69, 9.17) is 4.74 Å². The number of carbonyl (C=O) groups is 1. The number of halogens is 6. The molecule has 5 rings (SSSR count). The summed E-state index contributed by atoms with van der Waals surface area (Å²) in [7, 11) is 1.55. The molecule has 1 amide bonds. The van der Waals surface area contributed by atoms with E-state index >= 15 is 0 Å². The number of carbonyl (C=O) groups excluding carboxylic acids is 1. The van der Waals surface area contributed by atoms with Crippen LogP contribution in [0, 0.1) is 0 Å². The van der Waals surface area contributed by atoms with Gasteiger partial charge in [0.15, 0.2) is 5.69 Å². The lowest BCUT2D eigenvalue weighted by Gasteiger charge is -2.41. The number of pyridine rings is 1. The smallest absolute Gasteiger partial charge is 0.387 e. The van der Waals surface area contributed by atoms with E-state index in [-0.39, 0.29) is 73.6 Å². The van der Waals surface area contributed by atoms with Crippen molar-refractivity contribution in [2.24, 2.45) is 0 Å². The van der Waals surface area contributed by atoms with Crippen LogP contribution in [0.1, 0.15) is 66.1 Å². The summed E-state index contributed by atoms with van der Waals surface area (Å²) in [5.41, 5.74) is -0.750. The van der Waals surface area contributed by atoms with Crippen molar-refractivity contribution in [3.8, 4) is 11.3 Å². The van der Waals surface area contributed by atoms with Crippen LogP contribution in [0.3, 0.4) is 0 Å². The van der Waals surface area contributed by atoms with Gasteiger partial charge in [0.1, 0.15) is 11.3 Å². The fourth-order valence-corrected chi connectivity index (χ4v) is 6.20. The molecule has 3 heterocycles. The molecule has 2 aromatic heterocycles. The molecule has 3 N–H and O–H groups in total. The standard InChI is InChI=1S/C30H36F3N5O4.3ClH/c1-42-18-29(41)13-6-5-12-25(29)38-19-35-26(27(38)20-8-3-2-4-9-20)28(40)37-15-14-34-17-21(37)16-23(39)22-10-7-11-24(36-22)30(31,32)33;;;/h2-4,7-11,19,21,23,25,34,39,41H,5-6,12-18H2,1H3;3*1H/t21-,23-,25-,29-;;;/m1.../s1. The van der Waals surface area contributed by atoms with Gasteiger partial charge in [0.05, 0.1) is 36.5 Å². The Hall–Kier alpha value is -2.45. The summed E-state index contributed by atoms with van der Waals surface area (Å²) in [6, 6.07) is 11.9. The van der Waals surface area contributed by atoms with Gasteiger partial charge in [-0.25, -0.2) is 9.97 Å². The van der Waals surface area contributed by atoms with Crippen molar-refractivity contribution < 1.29 is 32.9 Å². The van der Waals surface area contributed by atoms with Crippen molar-refractivity contribution in [1.29, 1.82) is 0 Å². The number of aromatic nitrogens is 3.